The number of phosphoric acid groups is 3. The van der Waals surface area contributed by atoms with Gasteiger partial charge in [-0.2, -0.15) is 4.31 Å². The summed E-state index contributed by atoms with van der Waals surface area (Å²) in [5.74, 6) is -2.00. The summed E-state index contributed by atoms with van der Waals surface area (Å²) in [6.07, 6.45) is 9.36. The number of aliphatic hydroxyl groups excluding tert-OH is 4. The topological polar surface area (TPSA) is 421 Å². The molecule has 2 amide bonds. The number of nitrogens with two attached hydrogens (primary N) is 1. The minimum Gasteiger partial charge on any atom is -0.392 e. The van der Waals surface area contributed by atoms with Crippen LogP contribution in [-0.4, -0.2) is 151 Å². The summed E-state index contributed by atoms with van der Waals surface area (Å²) in [6, 6.07) is 0. The molecular formula is C43H66N7O20P3S. The van der Waals surface area contributed by atoms with Crippen molar-refractivity contribution in [3.8, 4) is 0 Å². The fourth-order valence-electron chi connectivity index (χ4n) is 7.46. The van der Waals surface area contributed by atoms with E-state index in [2.05, 4.69) is 40.5 Å². The fraction of sp³-hybridized carbons (Fsp3) is 0.605. The summed E-state index contributed by atoms with van der Waals surface area (Å²) in [5, 5.41) is 47.3. The average molecular weight is 1130 g/mol. The number of hydrogen-bond acceptors (Lipinski definition) is 21. The van der Waals surface area contributed by atoms with E-state index in [4.69, 9.17) is 19.5 Å². The van der Waals surface area contributed by atoms with Crippen molar-refractivity contribution in [2.45, 2.75) is 115 Å². The van der Waals surface area contributed by atoms with E-state index >= 15 is 0 Å². The number of allylic oxidation sites excluding steroid dienone is 5. The van der Waals surface area contributed by atoms with Crippen LogP contribution in [0.1, 0.15) is 78.4 Å². The lowest BCUT2D eigenvalue weighted by Gasteiger charge is -2.30. The van der Waals surface area contributed by atoms with E-state index < -0.39 is 96.8 Å². The maximum absolute atomic E-state index is 12.8. The molecule has 2 aliphatic rings. The van der Waals surface area contributed by atoms with Gasteiger partial charge in [0.05, 0.1) is 31.7 Å². The van der Waals surface area contributed by atoms with Gasteiger partial charge in [-0.25, -0.2) is 28.6 Å². The highest BCUT2D eigenvalue weighted by Crippen LogP contribution is 2.61. The molecule has 31 heteroatoms. The number of imidazole rings is 1. The minimum absolute atomic E-state index is 0.00118. The lowest BCUT2D eigenvalue weighted by molar-refractivity contribution is -0.137. The number of nitrogen functional groups attached to an aromatic ring is 1. The molecule has 0 radical (unpaired) electrons. The Hall–Kier alpha value is -3.89. The van der Waals surface area contributed by atoms with Crippen molar-refractivity contribution in [2.24, 2.45) is 17.3 Å². The Labute approximate surface area is 430 Å². The molecule has 1 aliphatic carbocycles. The van der Waals surface area contributed by atoms with Crippen LogP contribution >= 0.6 is 35.2 Å². The van der Waals surface area contributed by atoms with Gasteiger partial charge in [0, 0.05) is 55.4 Å². The van der Waals surface area contributed by atoms with Gasteiger partial charge in [-0.1, -0.05) is 81.1 Å². The number of carbonyl (C=O) groups excluding carboxylic acids is 4. The second-order valence-corrected chi connectivity index (χ2v) is 23.1. The minimum atomic E-state index is -5.61. The Morgan fingerprint density at radius 2 is 1.69 bits per heavy atom. The van der Waals surface area contributed by atoms with E-state index in [1.54, 1.807) is 24.3 Å². The smallest absolute Gasteiger partial charge is 0.392 e. The molecule has 1 saturated heterocycles. The van der Waals surface area contributed by atoms with Gasteiger partial charge < -0.3 is 61.1 Å². The van der Waals surface area contributed by atoms with Crippen molar-refractivity contribution >= 4 is 74.9 Å². The van der Waals surface area contributed by atoms with Crippen molar-refractivity contribution < 1.29 is 95.5 Å². The molecule has 3 heterocycles. The van der Waals surface area contributed by atoms with Gasteiger partial charge in [0.2, 0.25) is 11.8 Å². The van der Waals surface area contributed by atoms with Gasteiger partial charge in [-0.15, -0.1) is 0 Å². The highest BCUT2D eigenvalue weighted by atomic mass is 32.2. The van der Waals surface area contributed by atoms with E-state index in [0.29, 0.717) is 12.8 Å². The summed E-state index contributed by atoms with van der Waals surface area (Å²) in [4.78, 5) is 101. The van der Waals surface area contributed by atoms with E-state index in [-0.39, 0.29) is 84.2 Å². The fourth-order valence-corrected chi connectivity index (χ4v) is 11.0. The molecule has 2 aromatic heterocycles. The Kier molecular flexibility index (Phi) is 24.6. The van der Waals surface area contributed by atoms with Crippen LogP contribution in [0.5, 0.6) is 0 Å². The predicted octanol–water partition coefficient (Wildman–Crippen LogP) is 2.18. The van der Waals surface area contributed by atoms with Crippen molar-refractivity contribution in [3.05, 3.63) is 61.3 Å². The number of rotatable bonds is 31. The Balaban J connectivity index is 1.10. The van der Waals surface area contributed by atoms with Gasteiger partial charge in [0.15, 0.2) is 22.8 Å². The standard InChI is InChI=1S/C43H66N7O20P3S/c1-4-5-6-7-8-11-14-28-29(31(53)22-30(28)52)17-16-27(51)13-10-9-12-15-34(55)74-21-20-45-33(54)18-19-46-41(58)38(57)43(2,3)24-67-73(64,65)70-72(62,63)66-23-32-37(69-71(59,60)61)36(56)42(68-32)50-26-49-35-39(44)47-25-48-40(35)50/h5-6,8-11,16-17,25-29,31-32,36-38,42,51,53,56-57H,4,7,12-15,18-24H2,1-3H3,(H,45,54)(H,46,58)(H,62,63)(H,64,65)(H2,44,47,48)(H2,59,60,61)/b6-5+,10-9+,11-8+,17-16+. The third kappa shape index (κ3) is 20.2. The highest BCUT2D eigenvalue weighted by Gasteiger charge is 2.50. The number of aliphatic hydroxyl groups is 4. The molecule has 11 unspecified atom stereocenters. The molecule has 1 saturated carbocycles. The van der Waals surface area contributed by atoms with Crippen LogP contribution in [0, 0.1) is 17.3 Å². The number of fused-ring (bicyclic) bond motifs is 1. The average Bonchev–Trinajstić information content (AvgIpc) is 3.97. The van der Waals surface area contributed by atoms with Crippen LogP contribution in [0.2, 0.25) is 0 Å². The molecular weight excluding hydrogens is 1060 g/mol. The van der Waals surface area contributed by atoms with E-state index in [1.807, 2.05) is 25.2 Å². The third-order valence-corrected chi connectivity index (χ3v) is 15.4. The number of nitrogens with one attached hydrogen (secondary N) is 2. The van der Waals surface area contributed by atoms with E-state index in [1.165, 1.54) is 13.8 Å². The van der Waals surface area contributed by atoms with Crippen molar-refractivity contribution in [1.82, 2.24) is 30.2 Å². The van der Waals surface area contributed by atoms with Crippen LogP contribution in [0.25, 0.3) is 11.2 Å². The highest BCUT2D eigenvalue weighted by molar-refractivity contribution is 8.13. The number of aromatic nitrogens is 4. The zero-order valence-electron chi connectivity index (χ0n) is 40.8. The number of phosphoric ester groups is 3. The monoisotopic (exact) mass is 1130 g/mol. The number of thioether (sulfide) groups is 1. The van der Waals surface area contributed by atoms with Crippen LogP contribution in [-0.2, 0) is 55.5 Å². The summed E-state index contributed by atoms with van der Waals surface area (Å²) in [7, 11) is -16.5. The van der Waals surface area contributed by atoms with E-state index in [0.717, 1.165) is 41.8 Å². The summed E-state index contributed by atoms with van der Waals surface area (Å²) in [6.45, 7) is 2.35. The molecule has 2 aromatic rings. The zero-order valence-corrected chi connectivity index (χ0v) is 44.3. The molecule has 4 rings (SSSR count). The normalized spacial score (nSPS) is 24.3. The lowest BCUT2D eigenvalue weighted by atomic mass is 9.87. The molecule has 74 heavy (non-hydrogen) atoms. The molecule has 0 bridgehead atoms. The van der Waals surface area contributed by atoms with Gasteiger partial charge in [-0.05, 0) is 32.1 Å². The number of Topliss-reactive ketones (excluding diaryl/α,β-unsaturated/α-hetero) is 1. The van der Waals surface area contributed by atoms with Crippen molar-refractivity contribution in [3.63, 3.8) is 0 Å². The van der Waals surface area contributed by atoms with Gasteiger partial charge in [-0.3, -0.25) is 37.3 Å². The Morgan fingerprint density at radius 3 is 2.41 bits per heavy atom. The maximum atomic E-state index is 12.8. The first kappa shape index (κ1) is 62.6. The molecule has 12 N–H and O–H groups in total. The van der Waals surface area contributed by atoms with Crippen molar-refractivity contribution in [1.29, 1.82) is 0 Å². The largest absolute Gasteiger partial charge is 0.481 e. The molecule has 414 valence electrons. The lowest BCUT2D eigenvalue weighted by Crippen LogP contribution is -2.46. The zero-order chi connectivity index (χ0) is 54.9. The second kappa shape index (κ2) is 29.0. The van der Waals surface area contributed by atoms with Crippen LogP contribution in [0.4, 0.5) is 5.82 Å². The summed E-state index contributed by atoms with van der Waals surface area (Å²) in [5.41, 5.74) is 4.22. The molecule has 0 spiro atoms. The maximum Gasteiger partial charge on any atom is 0.481 e. The van der Waals surface area contributed by atoms with E-state index in [9.17, 15) is 72.9 Å². The molecule has 0 aromatic carbocycles. The third-order valence-electron chi connectivity index (χ3n) is 11.3. The number of nitrogens with zero attached hydrogens (tertiary/aromatic N) is 4. The molecule has 2 fully saturated rings. The van der Waals surface area contributed by atoms with Crippen molar-refractivity contribution in [2.75, 3.05) is 37.8 Å². The van der Waals surface area contributed by atoms with Crippen LogP contribution in [0.3, 0.4) is 0 Å². The van der Waals surface area contributed by atoms with Gasteiger partial charge >= 0.3 is 23.5 Å². The van der Waals surface area contributed by atoms with Gasteiger partial charge in [0.1, 0.15) is 42.0 Å². The SMILES string of the molecule is CC/C=C/C/C=C/CC1C(=O)CC(O)C1/C=C/C(O)C/C=C/CCC(=O)SCCNC(=O)CCNC(=O)C(O)C(C)(C)COP(=O)(O)OP(=O)(O)OCC1OC(n2cnc3c(N)ncnc32)C(O)C1OP(=O)(O)O. The summed E-state index contributed by atoms with van der Waals surface area (Å²) >= 11 is 1.01. The number of ether oxygens (including phenoxy) is 1. The number of hydrogen-bond donors (Lipinski definition) is 11. The first-order chi connectivity index (χ1) is 34.7. The Morgan fingerprint density at radius 1 is 0.973 bits per heavy atom. The Bertz CT molecular complexity index is 2490. The molecule has 11 atom stereocenters. The first-order valence-corrected chi connectivity index (χ1v) is 28.8. The van der Waals surface area contributed by atoms with Gasteiger partial charge in [0.25, 0.3) is 0 Å². The molecule has 1 aliphatic heterocycles. The number of ketones is 1. The summed E-state index contributed by atoms with van der Waals surface area (Å²) < 4.78 is 62.4. The molecule has 27 nitrogen and oxygen atoms in total. The van der Waals surface area contributed by atoms with Crippen LogP contribution < -0.4 is 16.4 Å². The number of carbonyl (C=O) groups is 4. The van der Waals surface area contributed by atoms with Crippen LogP contribution in [0.15, 0.2) is 61.3 Å². The number of anilines is 1. The predicted molar refractivity (Wildman–Crippen MR) is 266 cm³/mol. The number of amides is 2. The second-order valence-electron chi connectivity index (χ2n) is 17.7. The quantitative estimate of drug-likeness (QED) is 0.0293. The first-order valence-electron chi connectivity index (χ1n) is 23.3.